The van der Waals surface area contributed by atoms with Gasteiger partial charge in [0.2, 0.25) is 0 Å². The monoisotopic (exact) mass is 309 g/mol. The van der Waals surface area contributed by atoms with E-state index >= 15 is 0 Å². The summed E-state index contributed by atoms with van der Waals surface area (Å²) in [5, 5.41) is 4.80. The van der Waals surface area contributed by atoms with Crippen molar-refractivity contribution in [1.82, 2.24) is 15.2 Å². The highest BCUT2D eigenvalue weighted by molar-refractivity contribution is 7.11. The van der Waals surface area contributed by atoms with E-state index in [0.717, 1.165) is 19.0 Å². The van der Waals surface area contributed by atoms with Crippen LogP contribution in [0.25, 0.3) is 0 Å². The van der Waals surface area contributed by atoms with Crippen LogP contribution in [-0.4, -0.2) is 36.1 Å². The lowest BCUT2D eigenvalue weighted by Gasteiger charge is -2.30. The summed E-state index contributed by atoms with van der Waals surface area (Å²) in [6, 6.07) is 0. The predicted octanol–water partition coefficient (Wildman–Crippen LogP) is 3.65. The Morgan fingerprint density at radius 2 is 2.05 bits per heavy atom. The van der Waals surface area contributed by atoms with Crippen LogP contribution in [0.5, 0.6) is 0 Å². The van der Waals surface area contributed by atoms with E-state index in [1.807, 2.05) is 17.5 Å². The van der Waals surface area contributed by atoms with Crippen molar-refractivity contribution in [3.05, 3.63) is 16.1 Å². The maximum absolute atomic E-state index is 4.54. The third-order valence-corrected chi connectivity index (χ3v) is 5.62. The third-order valence-electron chi connectivity index (χ3n) is 4.20. The van der Waals surface area contributed by atoms with Gasteiger partial charge in [-0.15, -0.1) is 11.3 Å². The van der Waals surface area contributed by atoms with Gasteiger partial charge in [-0.2, -0.15) is 0 Å². The van der Waals surface area contributed by atoms with Crippen LogP contribution in [-0.2, 0) is 12.0 Å². The topological polar surface area (TPSA) is 28.2 Å². The fraction of sp³-hybridized carbons (Fsp3) is 0.824. The van der Waals surface area contributed by atoms with Crippen molar-refractivity contribution in [2.24, 2.45) is 5.92 Å². The average Bonchev–Trinajstić information content (AvgIpc) is 2.89. The van der Waals surface area contributed by atoms with Gasteiger partial charge in [-0.3, -0.25) is 0 Å². The molecule has 1 N–H and O–H groups in total. The zero-order valence-electron chi connectivity index (χ0n) is 14.1. The molecule has 0 unspecified atom stereocenters. The lowest BCUT2D eigenvalue weighted by atomic mass is 9.98. The van der Waals surface area contributed by atoms with Gasteiger partial charge in [-0.05, 0) is 51.4 Å². The maximum Gasteiger partial charge on any atom is 0.0981 e. The number of hydrogen-bond acceptors (Lipinski definition) is 4. The molecule has 2 heterocycles. The largest absolute Gasteiger partial charge is 0.312 e. The molecule has 21 heavy (non-hydrogen) atoms. The summed E-state index contributed by atoms with van der Waals surface area (Å²) in [4.78, 5) is 8.51. The first-order valence-corrected chi connectivity index (χ1v) is 9.15. The SMILES string of the molecule is CC1CCN(CCCNCc2cnc(C(C)(C)C)s2)CC1. The minimum Gasteiger partial charge on any atom is -0.312 e. The Hall–Kier alpha value is -0.450. The molecule has 2 rings (SSSR count). The zero-order chi connectivity index (χ0) is 15.3. The number of likely N-dealkylation sites (tertiary alicyclic amines) is 1. The maximum atomic E-state index is 4.54. The summed E-state index contributed by atoms with van der Waals surface area (Å²) in [5.74, 6) is 0.933. The van der Waals surface area contributed by atoms with Crippen molar-refractivity contribution in [3.63, 3.8) is 0 Å². The standard InChI is InChI=1S/C17H31N3S/c1-14-6-10-20(11-7-14)9-5-8-18-12-15-13-19-16(21-15)17(2,3)4/h13-14,18H,5-12H2,1-4H3. The van der Waals surface area contributed by atoms with Gasteiger partial charge in [0.25, 0.3) is 0 Å². The molecule has 1 aliphatic rings. The highest BCUT2D eigenvalue weighted by Gasteiger charge is 2.18. The first kappa shape index (κ1) is 16.9. The summed E-state index contributed by atoms with van der Waals surface area (Å²) < 4.78 is 0. The van der Waals surface area contributed by atoms with Crippen LogP contribution in [0.3, 0.4) is 0 Å². The molecule has 0 aliphatic carbocycles. The summed E-state index contributed by atoms with van der Waals surface area (Å²) in [6.45, 7) is 15.0. The Morgan fingerprint density at radius 3 is 2.67 bits per heavy atom. The second-order valence-electron chi connectivity index (χ2n) is 7.44. The van der Waals surface area contributed by atoms with Crippen molar-refractivity contribution < 1.29 is 0 Å². The Kier molecular flexibility index (Phi) is 6.20. The van der Waals surface area contributed by atoms with Crippen LogP contribution in [0.2, 0.25) is 0 Å². The summed E-state index contributed by atoms with van der Waals surface area (Å²) >= 11 is 1.84. The molecule has 3 nitrogen and oxygen atoms in total. The van der Waals surface area contributed by atoms with E-state index in [9.17, 15) is 0 Å². The van der Waals surface area contributed by atoms with Crippen LogP contribution < -0.4 is 5.32 Å². The Labute approximate surface area is 134 Å². The Bertz CT molecular complexity index is 414. The van der Waals surface area contributed by atoms with Gasteiger partial charge in [-0.1, -0.05) is 27.7 Å². The number of aromatic nitrogens is 1. The van der Waals surface area contributed by atoms with Crippen molar-refractivity contribution in [1.29, 1.82) is 0 Å². The molecule has 1 saturated heterocycles. The molecule has 1 fully saturated rings. The summed E-state index contributed by atoms with van der Waals surface area (Å²) in [6.07, 6.45) is 6.04. The van der Waals surface area contributed by atoms with Crippen LogP contribution in [0.4, 0.5) is 0 Å². The van der Waals surface area contributed by atoms with E-state index in [4.69, 9.17) is 0 Å². The quantitative estimate of drug-likeness (QED) is 0.813. The molecule has 0 aromatic carbocycles. The molecule has 0 radical (unpaired) electrons. The van der Waals surface area contributed by atoms with Gasteiger partial charge in [-0.25, -0.2) is 4.98 Å². The van der Waals surface area contributed by atoms with Crippen LogP contribution >= 0.6 is 11.3 Å². The van der Waals surface area contributed by atoms with E-state index < -0.39 is 0 Å². The lowest BCUT2D eigenvalue weighted by molar-refractivity contribution is 0.190. The predicted molar refractivity (Wildman–Crippen MR) is 92.0 cm³/mol. The smallest absolute Gasteiger partial charge is 0.0981 e. The molecule has 0 saturated carbocycles. The Balaban J connectivity index is 1.58. The minimum absolute atomic E-state index is 0.175. The fourth-order valence-electron chi connectivity index (χ4n) is 2.66. The number of hydrogen-bond donors (Lipinski definition) is 1. The van der Waals surface area contributed by atoms with E-state index in [-0.39, 0.29) is 5.41 Å². The van der Waals surface area contributed by atoms with Crippen molar-refractivity contribution in [2.75, 3.05) is 26.2 Å². The first-order chi connectivity index (χ1) is 9.95. The number of nitrogens with zero attached hydrogens (tertiary/aromatic N) is 2. The molecular weight excluding hydrogens is 278 g/mol. The number of thiazole rings is 1. The van der Waals surface area contributed by atoms with Crippen molar-refractivity contribution in [2.45, 2.75) is 58.9 Å². The molecule has 1 aromatic heterocycles. The highest BCUT2D eigenvalue weighted by atomic mass is 32.1. The normalized spacial score (nSPS) is 18.3. The number of piperidine rings is 1. The molecule has 1 aliphatic heterocycles. The van der Waals surface area contributed by atoms with E-state index in [1.165, 1.54) is 48.8 Å². The minimum atomic E-state index is 0.175. The lowest BCUT2D eigenvalue weighted by Crippen LogP contribution is -2.34. The molecule has 120 valence electrons. The van der Waals surface area contributed by atoms with Gasteiger partial charge in [0.15, 0.2) is 0 Å². The van der Waals surface area contributed by atoms with Crippen molar-refractivity contribution in [3.8, 4) is 0 Å². The van der Waals surface area contributed by atoms with Crippen molar-refractivity contribution >= 4 is 11.3 Å². The van der Waals surface area contributed by atoms with Gasteiger partial charge < -0.3 is 10.2 Å². The number of nitrogens with one attached hydrogen (secondary N) is 1. The zero-order valence-corrected chi connectivity index (χ0v) is 14.9. The van der Waals surface area contributed by atoms with Gasteiger partial charge in [0, 0.05) is 23.0 Å². The molecule has 0 bridgehead atoms. The highest BCUT2D eigenvalue weighted by Crippen LogP contribution is 2.26. The average molecular weight is 310 g/mol. The molecule has 0 spiro atoms. The van der Waals surface area contributed by atoms with Gasteiger partial charge >= 0.3 is 0 Å². The van der Waals surface area contributed by atoms with Gasteiger partial charge in [0.1, 0.15) is 0 Å². The molecule has 4 heteroatoms. The second-order valence-corrected chi connectivity index (χ2v) is 8.55. The van der Waals surface area contributed by atoms with Crippen LogP contribution in [0, 0.1) is 5.92 Å². The summed E-state index contributed by atoms with van der Waals surface area (Å²) in [5.41, 5.74) is 0.175. The molecule has 0 atom stereocenters. The fourth-order valence-corrected chi connectivity index (χ4v) is 3.60. The molecule has 1 aromatic rings. The van der Waals surface area contributed by atoms with Gasteiger partial charge in [0.05, 0.1) is 5.01 Å². The molecular formula is C17H31N3S. The Morgan fingerprint density at radius 1 is 1.33 bits per heavy atom. The van der Waals surface area contributed by atoms with E-state index in [1.54, 1.807) is 0 Å². The van der Waals surface area contributed by atoms with Crippen LogP contribution in [0.1, 0.15) is 56.8 Å². The first-order valence-electron chi connectivity index (χ1n) is 8.33. The number of rotatable bonds is 6. The summed E-state index contributed by atoms with van der Waals surface area (Å²) in [7, 11) is 0. The van der Waals surface area contributed by atoms with E-state index in [0.29, 0.717) is 0 Å². The second kappa shape index (κ2) is 7.70. The molecule has 0 amide bonds. The van der Waals surface area contributed by atoms with Crippen LogP contribution in [0.15, 0.2) is 6.20 Å². The van der Waals surface area contributed by atoms with E-state index in [2.05, 4.69) is 42.9 Å². The third kappa shape index (κ3) is 5.68.